The number of pyridine rings is 1. The minimum absolute atomic E-state index is 0.100. The first kappa shape index (κ1) is 18.9. The van der Waals surface area contributed by atoms with Gasteiger partial charge in [0.1, 0.15) is 11.5 Å². The van der Waals surface area contributed by atoms with E-state index in [1.165, 1.54) is 0 Å². The smallest absolute Gasteiger partial charge is 0.253 e. The van der Waals surface area contributed by atoms with E-state index in [1.807, 2.05) is 64.2 Å². The Balaban J connectivity index is 1.21. The van der Waals surface area contributed by atoms with Crippen molar-refractivity contribution in [3.05, 3.63) is 84.3 Å². The molecule has 6 nitrogen and oxygen atoms in total. The number of rotatable bonds is 5. The second-order valence-electron chi connectivity index (χ2n) is 7.58. The van der Waals surface area contributed by atoms with Gasteiger partial charge in [-0.05, 0) is 49.2 Å². The Bertz CT molecular complexity index is 1100. The number of thioether (sulfide) groups is 1. The second-order valence-corrected chi connectivity index (χ2v) is 8.62. The molecule has 0 aliphatic carbocycles. The average Bonchev–Trinajstić information content (AvgIpc) is 3.47. The lowest BCUT2D eigenvalue weighted by atomic mass is 9.96. The molecule has 7 heteroatoms. The van der Waals surface area contributed by atoms with Crippen LogP contribution in [0.25, 0.3) is 5.65 Å². The Hall–Kier alpha value is -3.06. The fourth-order valence-corrected chi connectivity index (χ4v) is 4.76. The molecule has 1 atom stereocenters. The van der Waals surface area contributed by atoms with Gasteiger partial charge in [-0.2, -0.15) is 0 Å². The predicted octanol–water partition coefficient (Wildman–Crippen LogP) is 4.37. The number of carbonyl (C=O) groups is 1. The largest absolute Gasteiger partial charge is 0.348 e. The van der Waals surface area contributed by atoms with E-state index in [4.69, 9.17) is 0 Å². The van der Waals surface area contributed by atoms with Gasteiger partial charge in [-0.3, -0.25) is 4.79 Å². The molecule has 1 aliphatic heterocycles. The zero-order chi connectivity index (χ0) is 20.3. The number of hydrogen-bond acceptors (Lipinski definition) is 4. The molecule has 1 aliphatic rings. The van der Waals surface area contributed by atoms with E-state index < -0.39 is 0 Å². The van der Waals surface area contributed by atoms with E-state index >= 15 is 0 Å². The Morgan fingerprint density at radius 2 is 2.10 bits per heavy atom. The lowest BCUT2D eigenvalue weighted by molar-refractivity contribution is 0.0704. The Morgan fingerprint density at radius 3 is 2.90 bits per heavy atom. The fraction of sp³-hybridized carbons (Fsp3) is 0.261. The van der Waals surface area contributed by atoms with Crippen LogP contribution in [0.5, 0.6) is 0 Å². The van der Waals surface area contributed by atoms with Crippen LogP contribution in [0.2, 0.25) is 0 Å². The highest BCUT2D eigenvalue weighted by molar-refractivity contribution is 7.98. The highest BCUT2D eigenvalue weighted by Gasteiger charge is 2.26. The second kappa shape index (κ2) is 8.36. The third-order valence-electron chi connectivity index (χ3n) is 5.52. The van der Waals surface area contributed by atoms with Crippen molar-refractivity contribution in [2.24, 2.45) is 0 Å². The van der Waals surface area contributed by atoms with Crippen molar-refractivity contribution < 1.29 is 4.79 Å². The van der Waals surface area contributed by atoms with Gasteiger partial charge in [0, 0.05) is 60.0 Å². The highest BCUT2D eigenvalue weighted by atomic mass is 32.2. The summed E-state index contributed by atoms with van der Waals surface area (Å²) in [5, 5.41) is 0. The number of fused-ring (bicyclic) bond motifs is 1. The van der Waals surface area contributed by atoms with Gasteiger partial charge in [0.25, 0.3) is 5.91 Å². The summed E-state index contributed by atoms with van der Waals surface area (Å²) in [6.45, 7) is 1.52. The number of nitrogens with zero attached hydrogens (tertiary/aromatic N) is 4. The molecule has 152 valence electrons. The zero-order valence-corrected chi connectivity index (χ0v) is 17.4. The number of likely N-dealkylation sites (tertiary alicyclic amines) is 1. The first-order valence-corrected chi connectivity index (χ1v) is 11.2. The molecular weight excluding hydrogens is 394 g/mol. The van der Waals surface area contributed by atoms with E-state index in [1.54, 1.807) is 18.0 Å². The van der Waals surface area contributed by atoms with Crippen molar-refractivity contribution in [2.75, 3.05) is 13.1 Å². The maximum atomic E-state index is 13.0. The van der Waals surface area contributed by atoms with Gasteiger partial charge in [0.15, 0.2) is 0 Å². The molecule has 30 heavy (non-hydrogen) atoms. The Labute approximate surface area is 179 Å². The molecule has 5 rings (SSSR count). The topological polar surface area (TPSA) is 66.3 Å². The number of nitrogens with one attached hydrogen (secondary N) is 1. The normalized spacial score (nSPS) is 16.8. The van der Waals surface area contributed by atoms with Crippen molar-refractivity contribution >= 4 is 23.3 Å². The van der Waals surface area contributed by atoms with Crippen LogP contribution < -0.4 is 0 Å². The monoisotopic (exact) mass is 417 g/mol. The minimum Gasteiger partial charge on any atom is -0.348 e. The molecule has 3 aromatic heterocycles. The highest BCUT2D eigenvalue weighted by Crippen LogP contribution is 2.27. The quantitative estimate of drug-likeness (QED) is 0.490. The lowest BCUT2D eigenvalue weighted by Gasteiger charge is -2.32. The molecule has 1 N–H and O–H groups in total. The SMILES string of the molecule is O=C(c1ccc(SCc2cn3ccccc3n2)cc1)N1CCCC(c2ncc[nH]2)C1. The van der Waals surface area contributed by atoms with Crippen molar-refractivity contribution in [1.29, 1.82) is 0 Å². The van der Waals surface area contributed by atoms with Crippen LogP contribution in [0.1, 0.15) is 40.6 Å². The third kappa shape index (κ3) is 3.98. The summed E-state index contributed by atoms with van der Waals surface area (Å²) in [5.41, 5.74) is 2.75. The molecule has 1 aromatic carbocycles. The molecule has 1 amide bonds. The predicted molar refractivity (Wildman–Crippen MR) is 118 cm³/mol. The molecule has 0 radical (unpaired) electrons. The lowest BCUT2D eigenvalue weighted by Crippen LogP contribution is -2.39. The van der Waals surface area contributed by atoms with Crippen molar-refractivity contribution in [3.63, 3.8) is 0 Å². The first-order valence-electron chi connectivity index (χ1n) is 10.2. The number of hydrogen-bond donors (Lipinski definition) is 1. The van der Waals surface area contributed by atoms with Crippen LogP contribution in [0, 0.1) is 0 Å². The van der Waals surface area contributed by atoms with Crippen LogP contribution in [0.15, 0.2) is 72.1 Å². The summed E-state index contributed by atoms with van der Waals surface area (Å²) in [6, 6.07) is 13.9. The van der Waals surface area contributed by atoms with Crippen LogP contribution >= 0.6 is 11.8 Å². The number of carbonyl (C=O) groups excluding carboxylic acids is 1. The number of imidazole rings is 2. The summed E-state index contributed by atoms with van der Waals surface area (Å²) in [6.07, 6.45) is 9.76. The molecule has 1 saturated heterocycles. The van der Waals surface area contributed by atoms with Gasteiger partial charge in [0.05, 0.1) is 5.69 Å². The maximum absolute atomic E-state index is 13.0. The third-order valence-corrected chi connectivity index (χ3v) is 6.56. The molecule has 1 unspecified atom stereocenters. The molecule has 0 bridgehead atoms. The fourth-order valence-electron chi connectivity index (χ4n) is 3.98. The number of benzene rings is 1. The van der Waals surface area contributed by atoms with Gasteiger partial charge in [-0.1, -0.05) is 6.07 Å². The van der Waals surface area contributed by atoms with Crippen molar-refractivity contribution in [3.8, 4) is 0 Å². The summed E-state index contributed by atoms with van der Waals surface area (Å²) in [5.74, 6) is 2.17. The Kier molecular flexibility index (Phi) is 5.27. The van der Waals surface area contributed by atoms with E-state index in [2.05, 4.69) is 21.1 Å². The summed E-state index contributed by atoms with van der Waals surface area (Å²) in [7, 11) is 0. The maximum Gasteiger partial charge on any atom is 0.253 e. The first-order chi connectivity index (χ1) is 14.8. The van der Waals surface area contributed by atoms with Crippen LogP contribution in [-0.4, -0.2) is 43.2 Å². The van der Waals surface area contributed by atoms with E-state index in [0.717, 1.165) is 59.3 Å². The van der Waals surface area contributed by atoms with E-state index in [0.29, 0.717) is 0 Å². The summed E-state index contributed by atoms with van der Waals surface area (Å²) >= 11 is 1.73. The molecule has 0 saturated carbocycles. The van der Waals surface area contributed by atoms with Crippen molar-refractivity contribution in [2.45, 2.75) is 29.4 Å². The van der Waals surface area contributed by atoms with Gasteiger partial charge in [-0.15, -0.1) is 11.8 Å². The van der Waals surface area contributed by atoms with Crippen molar-refractivity contribution in [1.82, 2.24) is 24.3 Å². The Morgan fingerprint density at radius 1 is 1.20 bits per heavy atom. The molecular formula is C23H23N5OS. The molecule has 4 aromatic rings. The van der Waals surface area contributed by atoms with Crippen LogP contribution in [0.3, 0.4) is 0 Å². The standard InChI is InChI=1S/C23H23N5OS/c29-23(28-13-3-4-18(14-28)22-24-10-11-25-22)17-6-8-20(9-7-17)30-16-19-15-27-12-2-1-5-21(27)26-19/h1-2,5-12,15,18H,3-4,13-14,16H2,(H,24,25). The number of aromatic nitrogens is 4. The summed E-state index contributed by atoms with van der Waals surface area (Å²) < 4.78 is 2.03. The average molecular weight is 418 g/mol. The minimum atomic E-state index is 0.100. The number of piperidine rings is 1. The van der Waals surface area contributed by atoms with Crippen LogP contribution in [0.4, 0.5) is 0 Å². The molecule has 1 fully saturated rings. The number of amides is 1. The molecule has 4 heterocycles. The summed E-state index contributed by atoms with van der Waals surface area (Å²) in [4.78, 5) is 28.3. The van der Waals surface area contributed by atoms with Gasteiger partial charge >= 0.3 is 0 Å². The van der Waals surface area contributed by atoms with Crippen LogP contribution in [-0.2, 0) is 5.75 Å². The zero-order valence-electron chi connectivity index (χ0n) is 16.6. The van der Waals surface area contributed by atoms with E-state index in [-0.39, 0.29) is 11.8 Å². The number of aromatic amines is 1. The van der Waals surface area contributed by atoms with E-state index in [9.17, 15) is 4.79 Å². The molecule has 0 spiro atoms. The number of H-pyrrole nitrogens is 1. The van der Waals surface area contributed by atoms with Gasteiger partial charge in [0.2, 0.25) is 0 Å². The van der Waals surface area contributed by atoms with Gasteiger partial charge < -0.3 is 14.3 Å². The van der Waals surface area contributed by atoms with Gasteiger partial charge in [-0.25, -0.2) is 9.97 Å².